The molecule has 0 aliphatic heterocycles. The molecule has 2 heterocycles. The molecule has 30 heavy (non-hydrogen) atoms. The van der Waals surface area contributed by atoms with Gasteiger partial charge in [0.05, 0.1) is 11.3 Å². The van der Waals surface area contributed by atoms with Crippen molar-refractivity contribution in [3.8, 4) is 17.1 Å². The summed E-state index contributed by atoms with van der Waals surface area (Å²) < 4.78 is 11.4. The molecule has 1 N–H and O–H groups in total. The lowest BCUT2D eigenvalue weighted by molar-refractivity contribution is 0.307. The maximum absolute atomic E-state index is 11.9. The lowest BCUT2D eigenvalue weighted by Crippen LogP contribution is -2.14. The van der Waals surface area contributed by atoms with Crippen molar-refractivity contribution in [2.75, 3.05) is 0 Å². The number of hydrogen-bond acceptors (Lipinski definition) is 7. The molecule has 0 spiro atoms. The molecule has 152 valence electrons. The van der Waals surface area contributed by atoms with Crippen LogP contribution in [0.4, 0.5) is 0 Å². The summed E-state index contributed by atoms with van der Waals surface area (Å²) in [6, 6.07) is 17.5. The van der Waals surface area contributed by atoms with Crippen molar-refractivity contribution < 1.29 is 9.26 Å². The maximum Gasteiger partial charge on any atom is 0.254 e. The molecule has 4 aromatic rings. The average molecular weight is 420 g/mol. The van der Waals surface area contributed by atoms with Crippen LogP contribution in [0.1, 0.15) is 22.7 Å². The van der Waals surface area contributed by atoms with E-state index in [0.717, 1.165) is 11.1 Å². The number of ether oxygens (including phenoxy) is 1. The summed E-state index contributed by atoms with van der Waals surface area (Å²) in [4.78, 5) is 23.5. The lowest BCUT2D eigenvalue weighted by atomic mass is 10.2. The van der Waals surface area contributed by atoms with Crippen molar-refractivity contribution >= 4 is 11.8 Å². The minimum absolute atomic E-state index is 0.138. The highest BCUT2D eigenvalue weighted by molar-refractivity contribution is 7.98. The molecule has 0 amide bonds. The molecule has 0 fully saturated rings. The molecule has 7 nitrogen and oxygen atoms in total. The van der Waals surface area contributed by atoms with Crippen molar-refractivity contribution in [2.45, 2.75) is 31.4 Å². The third-order valence-corrected chi connectivity index (χ3v) is 5.40. The van der Waals surface area contributed by atoms with Gasteiger partial charge < -0.3 is 14.2 Å². The molecule has 0 aliphatic rings. The van der Waals surface area contributed by atoms with Gasteiger partial charge in [0.1, 0.15) is 12.4 Å². The summed E-state index contributed by atoms with van der Waals surface area (Å²) in [5.74, 6) is 1.97. The Balaban J connectivity index is 1.47. The number of nitrogens with one attached hydrogen (secondary N) is 1. The highest BCUT2D eigenvalue weighted by atomic mass is 32.2. The second-order valence-electron chi connectivity index (χ2n) is 6.65. The van der Waals surface area contributed by atoms with Gasteiger partial charge in [-0.05, 0) is 31.5 Å². The van der Waals surface area contributed by atoms with E-state index >= 15 is 0 Å². The van der Waals surface area contributed by atoms with Crippen molar-refractivity contribution in [2.24, 2.45) is 0 Å². The second-order valence-corrected chi connectivity index (χ2v) is 7.62. The highest BCUT2D eigenvalue weighted by Gasteiger charge is 2.14. The van der Waals surface area contributed by atoms with Gasteiger partial charge in [0.15, 0.2) is 5.16 Å². The van der Waals surface area contributed by atoms with Crippen LogP contribution in [0.5, 0.6) is 5.75 Å². The number of rotatable bonds is 7. The number of aryl methyl sites for hydroxylation is 1. The molecule has 2 aromatic carbocycles. The van der Waals surface area contributed by atoms with Crippen LogP contribution in [0.25, 0.3) is 11.4 Å². The number of hydrogen-bond donors (Lipinski definition) is 1. The minimum Gasteiger partial charge on any atom is -0.488 e. The van der Waals surface area contributed by atoms with E-state index in [9.17, 15) is 4.79 Å². The molecular formula is C22H20N4O3S. The predicted octanol–water partition coefficient (Wildman–Crippen LogP) is 4.31. The molecule has 0 saturated carbocycles. The Labute approximate surface area is 177 Å². The van der Waals surface area contributed by atoms with Gasteiger partial charge in [-0.3, -0.25) is 4.79 Å². The highest BCUT2D eigenvalue weighted by Crippen LogP contribution is 2.29. The number of para-hydroxylation sites is 1. The summed E-state index contributed by atoms with van der Waals surface area (Å²) >= 11 is 1.34. The van der Waals surface area contributed by atoms with E-state index in [4.69, 9.17) is 9.26 Å². The second kappa shape index (κ2) is 8.96. The van der Waals surface area contributed by atoms with Crippen molar-refractivity contribution in [1.82, 2.24) is 20.1 Å². The van der Waals surface area contributed by atoms with Gasteiger partial charge in [-0.1, -0.05) is 59.4 Å². The predicted molar refractivity (Wildman–Crippen MR) is 114 cm³/mol. The van der Waals surface area contributed by atoms with Crippen molar-refractivity contribution in [1.29, 1.82) is 0 Å². The Morgan fingerprint density at radius 2 is 1.80 bits per heavy atom. The molecule has 4 rings (SSSR count). The Morgan fingerprint density at radius 1 is 1.03 bits per heavy atom. The van der Waals surface area contributed by atoms with E-state index < -0.39 is 0 Å². The van der Waals surface area contributed by atoms with E-state index in [1.54, 1.807) is 6.92 Å². The molecule has 0 bridgehead atoms. The molecule has 0 radical (unpaired) electrons. The van der Waals surface area contributed by atoms with E-state index in [-0.39, 0.29) is 5.56 Å². The zero-order valence-corrected chi connectivity index (χ0v) is 17.4. The number of nitrogens with zero attached hydrogens (tertiary/aromatic N) is 3. The molecule has 2 aromatic heterocycles. The van der Waals surface area contributed by atoms with Gasteiger partial charge in [0.2, 0.25) is 11.7 Å². The molecular weight excluding hydrogens is 400 g/mol. The first-order valence-electron chi connectivity index (χ1n) is 9.39. The van der Waals surface area contributed by atoms with Crippen LogP contribution in [0.15, 0.2) is 69.1 Å². The third kappa shape index (κ3) is 4.60. The molecule has 0 aliphatic carbocycles. The van der Waals surface area contributed by atoms with Gasteiger partial charge in [-0.25, -0.2) is 4.98 Å². The Bertz CT molecular complexity index is 1200. The normalized spacial score (nSPS) is 10.9. The van der Waals surface area contributed by atoms with Crippen LogP contribution in [0, 0.1) is 13.8 Å². The fourth-order valence-electron chi connectivity index (χ4n) is 2.75. The Morgan fingerprint density at radius 3 is 2.60 bits per heavy atom. The Hall–Kier alpha value is -3.39. The number of benzene rings is 2. The van der Waals surface area contributed by atoms with Gasteiger partial charge in [0.25, 0.3) is 5.56 Å². The zero-order valence-electron chi connectivity index (χ0n) is 16.6. The van der Waals surface area contributed by atoms with Gasteiger partial charge in [-0.15, -0.1) is 0 Å². The molecule has 0 saturated heterocycles. The maximum atomic E-state index is 11.9. The number of thioether (sulfide) groups is 1. The lowest BCUT2D eigenvalue weighted by Gasteiger charge is -2.09. The van der Waals surface area contributed by atoms with Gasteiger partial charge in [-0.2, -0.15) is 4.98 Å². The topological polar surface area (TPSA) is 93.9 Å². The van der Waals surface area contributed by atoms with E-state index in [2.05, 4.69) is 20.1 Å². The first-order valence-corrected chi connectivity index (χ1v) is 10.4. The summed E-state index contributed by atoms with van der Waals surface area (Å²) in [6.07, 6.45) is 0. The van der Waals surface area contributed by atoms with Crippen LogP contribution in [-0.2, 0) is 12.4 Å². The first-order chi connectivity index (χ1) is 14.6. The van der Waals surface area contributed by atoms with E-state index in [1.807, 2.05) is 61.5 Å². The standard InChI is InChI=1S/C22H20N4O3S/c1-14-15(2)23-22(25-21(14)27)30-13-19-24-20(26-29-19)17-10-6-7-11-18(17)28-12-16-8-4-3-5-9-16/h3-11H,12-13H2,1-2H3,(H,23,25,27). The minimum atomic E-state index is -0.138. The van der Waals surface area contributed by atoms with Crippen LogP contribution >= 0.6 is 11.8 Å². The van der Waals surface area contributed by atoms with Crippen LogP contribution < -0.4 is 10.3 Å². The van der Waals surface area contributed by atoms with E-state index in [1.165, 1.54) is 11.8 Å². The SMILES string of the molecule is Cc1nc(SCc2nc(-c3ccccc3OCc3ccccc3)no2)[nH]c(=O)c1C. The summed E-state index contributed by atoms with van der Waals surface area (Å²) in [6.45, 7) is 4.01. The zero-order chi connectivity index (χ0) is 20.9. The average Bonchev–Trinajstić information content (AvgIpc) is 3.24. The fraction of sp³-hybridized carbons (Fsp3) is 0.182. The first kappa shape index (κ1) is 19.9. The smallest absolute Gasteiger partial charge is 0.254 e. The van der Waals surface area contributed by atoms with Crippen LogP contribution in [0.3, 0.4) is 0 Å². The van der Waals surface area contributed by atoms with Crippen LogP contribution in [-0.4, -0.2) is 20.1 Å². The van der Waals surface area contributed by atoms with Gasteiger partial charge >= 0.3 is 0 Å². The largest absolute Gasteiger partial charge is 0.488 e. The van der Waals surface area contributed by atoms with Crippen molar-refractivity contribution in [3.63, 3.8) is 0 Å². The van der Waals surface area contributed by atoms with Crippen molar-refractivity contribution in [3.05, 3.63) is 87.7 Å². The number of H-pyrrole nitrogens is 1. The Kier molecular flexibility index (Phi) is 5.94. The quantitative estimate of drug-likeness (QED) is 0.352. The van der Waals surface area contributed by atoms with Crippen LogP contribution in [0.2, 0.25) is 0 Å². The number of aromatic nitrogens is 4. The molecule has 0 unspecified atom stereocenters. The summed E-state index contributed by atoms with van der Waals surface area (Å²) in [5, 5.41) is 4.61. The fourth-order valence-corrected chi connectivity index (χ4v) is 3.50. The van der Waals surface area contributed by atoms with Gasteiger partial charge in [0, 0.05) is 11.3 Å². The molecule has 8 heteroatoms. The summed E-state index contributed by atoms with van der Waals surface area (Å²) in [7, 11) is 0. The number of aromatic amines is 1. The third-order valence-electron chi connectivity index (χ3n) is 4.54. The molecule has 0 atom stereocenters. The van der Waals surface area contributed by atoms with E-state index in [0.29, 0.717) is 46.2 Å². The summed E-state index contributed by atoms with van der Waals surface area (Å²) in [5.41, 5.74) is 3.02. The monoisotopic (exact) mass is 420 g/mol.